The lowest BCUT2D eigenvalue weighted by Gasteiger charge is -2.15. The third-order valence-electron chi connectivity index (χ3n) is 2.72. The minimum Gasteiger partial charge on any atom is -0.389 e. The highest BCUT2D eigenvalue weighted by atomic mass is 35.5. The standard InChI is InChI=1S/C13H13ClF3N3O/c14-10-4-9(13(15,16)17)5-11(6-10)18-7-12(21)8-20-3-1-2-19-20/h1-6,12,18,21H,7-8H2. The molecule has 1 aromatic carbocycles. The second kappa shape index (κ2) is 6.36. The Kier molecular flexibility index (Phi) is 4.74. The number of nitrogens with zero attached hydrogens (tertiary/aromatic N) is 2. The van der Waals surface area contributed by atoms with Crippen molar-refractivity contribution in [3.8, 4) is 0 Å². The summed E-state index contributed by atoms with van der Waals surface area (Å²) in [5, 5.41) is 16.4. The highest BCUT2D eigenvalue weighted by Crippen LogP contribution is 2.33. The number of rotatable bonds is 5. The monoisotopic (exact) mass is 319 g/mol. The van der Waals surface area contributed by atoms with Crippen LogP contribution in [0.2, 0.25) is 5.02 Å². The molecule has 21 heavy (non-hydrogen) atoms. The molecule has 1 unspecified atom stereocenters. The zero-order valence-electron chi connectivity index (χ0n) is 10.8. The molecule has 0 aliphatic heterocycles. The maximum absolute atomic E-state index is 12.7. The number of nitrogens with one attached hydrogen (secondary N) is 1. The third kappa shape index (κ3) is 4.64. The average molecular weight is 320 g/mol. The zero-order valence-corrected chi connectivity index (χ0v) is 11.6. The summed E-state index contributed by atoms with van der Waals surface area (Å²) in [6.45, 7) is 0.324. The molecule has 2 rings (SSSR count). The minimum atomic E-state index is -4.46. The van der Waals surface area contributed by atoms with Crippen LogP contribution in [-0.4, -0.2) is 27.5 Å². The summed E-state index contributed by atoms with van der Waals surface area (Å²) in [5.74, 6) is 0. The van der Waals surface area contributed by atoms with Gasteiger partial charge < -0.3 is 10.4 Å². The van der Waals surface area contributed by atoms with Gasteiger partial charge >= 0.3 is 6.18 Å². The molecule has 0 bridgehead atoms. The highest BCUT2D eigenvalue weighted by Gasteiger charge is 2.31. The van der Waals surface area contributed by atoms with Crippen LogP contribution in [0.1, 0.15) is 5.56 Å². The third-order valence-corrected chi connectivity index (χ3v) is 2.94. The Labute approximate surface area is 124 Å². The van der Waals surface area contributed by atoms with Gasteiger partial charge in [0.2, 0.25) is 0 Å². The zero-order chi connectivity index (χ0) is 15.5. The van der Waals surface area contributed by atoms with E-state index in [1.807, 2.05) is 0 Å². The molecule has 0 spiro atoms. The van der Waals surface area contributed by atoms with Crippen molar-refractivity contribution in [1.82, 2.24) is 9.78 Å². The summed E-state index contributed by atoms with van der Waals surface area (Å²) >= 11 is 5.67. The van der Waals surface area contributed by atoms with E-state index in [-0.39, 0.29) is 23.8 Å². The van der Waals surface area contributed by atoms with E-state index in [4.69, 9.17) is 11.6 Å². The first kappa shape index (κ1) is 15.7. The number of aliphatic hydroxyl groups is 1. The van der Waals surface area contributed by atoms with Gasteiger partial charge in [0.15, 0.2) is 0 Å². The smallest absolute Gasteiger partial charge is 0.389 e. The molecule has 0 radical (unpaired) electrons. The predicted molar refractivity (Wildman–Crippen MR) is 73.2 cm³/mol. The number of aromatic nitrogens is 2. The molecule has 0 fully saturated rings. The van der Waals surface area contributed by atoms with Crippen LogP contribution in [0.4, 0.5) is 18.9 Å². The number of halogens is 4. The Hall–Kier alpha value is -1.73. The summed E-state index contributed by atoms with van der Waals surface area (Å²) in [6, 6.07) is 4.89. The fourth-order valence-electron chi connectivity index (χ4n) is 1.78. The lowest BCUT2D eigenvalue weighted by Crippen LogP contribution is -2.25. The molecule has 0 saturated carbocycles. The molecule has 8 heteroatoms. The number of hydrogen-bond acceptors (Lipinski definition) is 3. The molecular formula is C13H13ClF3N3O. The number of alkyl halides is 3. The average Bonchev–Trinajstić information content (AvgIpc) is 2.87. The minimum absolute atomic E-state index is 0.0195. The van der Waals surface area contributed by atoms with Crippen LogP contribution < -0.4 is 5.32 Å². The normalized spacial score (nSPS) is 13.2. The van der Waals surface area contributed by atoms with E-state index in [1.54, 1.807) is 18.5 Å². The summed E-state index contributed by atoms with van der Waals surface area (Å²) in [4.78, 5) is 0. The Morgan fingerprint density at radius 2 is 2.10 bits per heavy atom. The van der Waals surface area contributed by atoms with Crippen LogP contribution in [0, 0.1) is 0 Å². The lowest BCUT2D eigenvalue weighted by molar-refractivity contribution is -0.137. The van der Waals surface area contributed by atoms with E-state index in [0.29, 0.717) is 0 Å². The van der Waals surface area contributed by atoms with Gasteiger partial charge in [-0.05, 0) is 24.3 Å². The summed E-state index contributed by atoms with van der Waals surface area (Å²) in [7, 11) is 0. The molecule has 4 nitrogen and oxygen atoms in total. The Morgan fingerprint density at radius 3 is 2.71 bits per heavy atom. The van der Waals surface area contributed by atoms with Gasteiger partial charge in [-0.15, -0.1) is 0 Å². The van der Waals surface area contributed by atoms with E-state index in [9.17, 15) is 18.3 Å². The van der Waals surface area contributed by atoms with Gasteiger partial charge in [-0.25, -0.2) is 0 Å². The van der Waals surface area contributed by atoms with Gasteiger partial charge in [0.05, 0.1) is 18.2 Å². The topological polar surface area (TPSA) is 50.1 Å². The molecule has 2 N–H and O–H groups in total. The van der Waals surface area contributed by atoms with Gasteiger partial charge in [-0.2, -0.15) is 18.3 Å². The number of anilines is 1. The molecule has 1 atom stereocenters. The van der Waals surface area contributed by atoms with Gasteiger partial charge in [0.25, 0.3) is 0 Å². The van der Waals surface area contributed by atoms with E-state index < -0.39 is 17.8 Å². The van der Waals surface area contributed by atoms with Crippen LogP contribution in [0.3, 0.4) is 0 Å². The highest BCUT2D eigenvalue weighted by molar-refractivity contribution is 6.30. The van der Waals surface area contributed by atoms with E-state index in [2.05, 4.69) is 10.4 Å². The Bertz CT molecular complexity index is 587. The summed E-state index contributed by atoms with van der Waals surface area (Å²) in [6.07, 6.45) is -2.00. The van der Waals surface area contributed by atoms with E-state index >= 15 is 0 Å². The van der Waals surface area contributed by atoms with Crippen molar-refractivity contribution >= 4 is 17.3 Å². The van der Waals surface area contributed by atoms with Crippen molar-refractivity contribution in [3.05, 3.63) is 47.2 Å². The first-order chi connectivity index (χ1) is 9.84. The van der Waals surface area contributed by atoms with Crippen molar-refractivity contribution in [2.75, 3.05) is 11.9 Å². The van der Waals surface area contributed by atoms with Crippen molar-refractivity contribution in [1.29, 1.82) is 0 Å². The molecule has 2 aromatic rings. The predicted octanol–water partition coefficient (Wildman–Crippen LogP) is 3.03. The molecule has 0 aliphatic carbocycles. The van der Waals surface area contributed by atoms with Crippen molar-refractivity contribution in [3.63, 3.8) is 0 Å². The molecule has 1 heterocycles. The molecule has 1 aromatic heterocycles. The molecule has 114 valence electrons. The number of aliphatic hydroxyl groups excluding tert-OH is 1. The lowest BCUT2D eigenvalue weighted by atomic mass is 10.2. The fourth-order valence-corrected chi connectivity index (χ4v) is 2.02. The van der Waals surface area contributed by atoms with Crippen LogP contribution in [0.15, 0.2) is 36.7 Å². The Balaban J connectivity index is 1.98. The number of hydrogen-bond donors (Lipinski definition) is 2. The molecular weight excluding hydrogens is 307 g/mol. The van der Waals surface area contributed by atoms with Crippen LogP contribution >= 0.6 is 11.6 Å². The quantitative estimate of drug-likeness (QED) is 0.890. The van der Waals surface area contributed by atoms with Crippen LogP contribution in [-0.2, 0) is 12.7 Å². The maximum Gasteiger partial charge on any atom is 0.416 e. The SMILES string of the molecule is OC(CNc1cc(Cl)cc(C(F)(F)F)c1)Cn1cccn1. The molecule has 0 saturated heterocycles. The number of benzene rings is 1. The summed E-state index contributed by atoms with van der Waals surface area (Å²) < 4.78 is 39.5. The van der Waals surface area contributed by atoms with E-state index in [0.717, 1.165) is 12.1 Å². The van der Waals surface area contributed by atoms with Gasteiger partial charge in [-0.1, -0.05) is 11.6 Å². The maximum atomic E-state index is 12.7. The first-order valence-electron chi connectivity index (χ1n) is 6.12. The van der Waals surface area contributed by atoms with Crippen molar-refractivity contribution in [2.45, 2.75) is 18.8 Å². The Morgan fingerprint density at radius 1 is 1.33 bits per heavy atom. The van der Waals surface area contributed by atoms with Crippen molar-refractivity contribution < 1.29 is 18.3 Å². The molecule has 0 amide bonds. The van der Waals surface area contributed by atoms with Gasteiger partial charge in [-0.3, -0.25) is 4.68 Å². The molecule has 0 aliphatic rings. The van der Waals surface area contributed by atoms with E-state index in [1.165, 1.54) is 10.7 Å². The van der Waals surface area contributed by atoms with Crippen LogP contribution in [0.25, 0.3) is 0 Å². The van der Waals surface area contributed by atoms with Crippen LogP contribution in [0.5, 0.6) is 0 Å². The summed E-state index contributed by atoms with van der Waals surface area (Å²) in [5.41, 5.74) is -0.631. The largest absolute Gasteiger partial charge is 0.416 e. The fraction of sp³-hybridized carbons (Fsp3) is 0.308. The first-order valence-corrected chi connectivity index (χ1v) is 6.49. The van der Waals surface area contributed by atoms with Gasteiger partial charge in [0.1, 0.15) is 0 Å². The second-order valence-corrected chi connectivity index (χ2v) is 4.93. The van der Waals surface area contributed by atoms with Crippen molar-refractivity contribution in [2.24, 2.45) is 0 Å². The second-order valence-electron chi connectivity index (χ2n) is 4.49. The van der Waals surface area contributed by atoms with Gasteiger partial charge in [0, 0.05) is 29.6 Å².